The maximum absolute atomic E-state index is 12.0. The van der Waals surface area contributed by atoms with Crippen LogP contribution in [0.25, 0.3) is 0 Å². The van der Waals surface area contributed by atoms with Gasteiger partial charge in [0.2, 0.25) is 0 Å². The van der Waals surface area contributed by atoms with Crippen LogP contribution in [-0.2, 0) is 9.53 Å². The third-order valence-electron chi connectivity index (χ3n) is 3.50. The fraction of sp³-hybridized carbons (Fsp3) is 0.923. The van der Waals surface area contributed by atoms with Gasteiger partial charge in [-0.3, -0.25) is 4.79 Å². The van der Waals surface area contributed by atoms with Crippen molar-refractivity contribution in [2.75, 3.05) is 13.7 Å². The van der Waals surface area contributed by atoms with E-state index >= 15 is 0 Å². The van der Waals surface area contributed by atoms with Crippen molar-refractivity contribution in [2.45, 2.75) is 63.8 Å². The molecule has 0 heterocycles. The summed E-state index contributed by atoms with van der Waals surface area (Å²) in [7, 11) is 1.50. The Morgan fingerprint density at radius 2 is 1.75 bits per heavy atom. The molecule has 3 nitrogen and oxygen atoms in total. The number of nitrogens with one attached hydrogen (secondary N) is 1. The summed E-state index contributed by atoms with van der Waals surface area (Å²) >= 11 is 0. The Balaban J connectivity index is 2.68. The highest BCUT2D eigenvalue weighted by Gasteiger charge is 2.38. The van der Waals surface area contributed by atoms with Crippen LogP contribution in [0.4, 0.5) is 0 Å². The van der Waals surface area contributed by atoms with E-state index in [2.05, 4.69) is 12.2 Å². The first-order valence-corrected chi connectivity index (χ1v) is 6.58. The van der Waals surface area contributed by atoms with E-state index in [-0.39, 0.29) is 5.97 Å². The van der Waals surface area contributed by atoms with Gasteiger partial charge < -0.3 is 10.1 Å². The highest BCUT2D eigenvalue weighted by Crippen LogP contribution is 2.27. The molecule has 0 atom stereocenters. The Morgan fingerprint density at radius 1 is 1.19 bits per heavy atom. The molecule has 0 bridgehead atoms. The lowest BCUT2D eigenvalue weighted by Crippen LogP contribution is -2.53. The number of ether oxygens (including phenoxy) is 1. The van der Waals surface area contributed by atoms with Gasteiger partial charge in [0.1, 0.15) is 5.54 Å². The topological polar surface area (TPSA) is 38.3 Å². The van der Waals surface area contributed by atoms with E-state index < -0.39 is 5.54 Å². The van der Waals surface area contributed by atoms with Gasteiger partial charge in [-0.15, -0.1) is 0 Å². The van der Waals surface area contributed by atoms with Gasteiger partial charge in [-0.05, 0) is 25.8 Å². The van der Waals surface area contributed by atoms with Gasteiger partial charge in [-0.2, -0.15) is 0 Å². The third kappa shape index (κ3) is 3.48. The Hall–Kier alpha value is -0.570. The first-order valence-electron chi connectivity index (χ1n) is 6.58. The molecule has 0 aromatic rings. The number of carbonyl (C=O) groups excluding carboxylic acids is 1. The van der Waals surface area contributed by atoms with Gasteiger partial charge >= 0.3 is 5.97 Å². The van der Waals surface area contributed by atoms with Crippen LogP contribution in [-0.4, -0.2) is 25.2 Å². The van der Waals surface area contributed by atoms with Gasteiger partial charge in [-0.25, -0.2) is 0 Å². The van der Waals surface area contributed by atoms with Crippen molar-refractivity contribution in [3.8, 4) is 0 Å². The Kier molecular flexibility index (Phi) is 5.81. The number of hydrogen-bond donors (Lipinski definition) is 1. The van der Waals surface area contributed by atoms with Crippen LogP contribution in [0.1, 0.15) is 58.3 Å². The average Bonchev–Trinajstić information content (AvgIpc) is 2.27. The summed E-state index contributed by atoms with van der Waals surface area (Å²) in [6.07, 6.45) is 8.97. The van der Waals surface area contributed by atoms with Crippen LogP contribution in [0.5, 0.6) is 0 Å². The number of methoxy groups -OCH3 is 1. The molecule has 0 aromatic carbocycles. The maximum atomic E-state index is 12.0. The summed E-state index contributed by atoms with van der Waals surface area (Å²) < 4.78 is 4.99. The molecule has 0 radical (unpaired) electrons. The van der Waals surface area contributed by atoms with Crippen LogP contribution in [0, 0.1) is 0 Å². The molecule has 0 unspecified atom stereocenters. The van der Waals surface area contributed by atoms with E-state index in [4.69, 9.17) is 4.74 Å². The van der Waals surface area contributed by atoms with Crippen LogP contribution in [0.15, 0.2) is 0 Å². The van der Waals surface area contributed by atoms with E-state index in [1.165, 1.54) is 26.4 Å². The van der Waals surface area contributed by atoms with Gasteiger partial charge in [0.25, 0.3) is 0 Å². The Morgan fingerprint density at radius 3 is 2.25 bits per heavy atom. The fourth-order valence-corrected chi connectivity index (χ4v) is 2.52. The molecule has 1 aliphatic carbocycles. The lowest BCUT2D eigenvalue weighted by atomic mass is 9.83. The van der Waals surface area contributed by atoms with Crippen LogP contribution in [0.2, 0.25) is 0 Å². The molecule has 1 saturated carbocycles. The molecule has 1 N–H and O–H groups in total. The standard InChI is InChI=1S/C13H25NO2/c1-3-11-14-13(12(15)16-2)9-7-5-4-6-8-10-13/h14H,3-11H2,1-2H3. The summed E-state index contributed by atoms with van der Waals surface area (Å²) in [5.74, 6) is -0.0668. The Bertz CT molecular complexity index is 202. The summed E-state index contributed by atoms with van der Waals surface area (Å²) in [5.41, 5.74) is -0.398. The first-order chi connectivity index (χ1) is 7.75. The number of hydrogen-bond acceptors (Lipinski definition) is 3. The van der Waals surface area contributed by atoms with Crippen molar-refractivity contribution in [2.24, 2.45) is 0 Å². The molecule has 1 aliphatic rings. The minimum Gasteiger partial charge on any atom is -0.468 e. The molecule has 1 rings (SSSR count). The zero-order valence-corrected chi connectivity index (χ0v) is 10.7. The van der Waals surface area contributed by atoms with Crippen LogP contribution < -0.4 is 5.32 Å². The van der Waals surface area contributed by atoms with Crippen molar-refractivity contribution >= 4 is 5.97 Å². The zero-order valence-electron chi connectivity index (χ0n) is 10.7. The van der Waals surface area contributed by atoms with Crippen molar-refractivity contribution in [1.29, 1.82) is 0 Å². The largest absolute Gasteiger partial charge is 0.468 e. The lowest BCUT2D eigenvalue weighted by molar-refractivity contribution is -0.149. The van der Waals surface area contributed by atoms with Gasteiger partial charge in [0, 0.05) is 0 Å². The average molecular weight is 227 g/mol. The molecule has 1 fully saturated rings. The molecule has 16 heavy (non-hydrogen) atoms. The number of esters is 1. The highest BCUT2D eigenvalue weighted by atomic mass is 16.5. The summed E-state index contributed by atoms with van der Waals surface area (Å²) in [6.45, 7) is 3.02. The lowest BCUT2D eigenvalue weighted by Gasteiger charge is -2.33. The van der Waals surface area contributed by atoms with Crippen molar-refractivity contribution in [3.63, 3.8) is 0 Å². The van der Waals surface area contributed by atoms with E-state index in [9.17, 15) is 4.79 Å². The second-order valence-corrected chi connectivity index (χ2v) is 4.77. The van der Waals surface area contributed by atoms with E-state index in [0.717, 1.165) is 38.6 Å². The number of carbonyl (C=O) groups is 1. The molecule has 0 amide bonds. The molecule has 0 saturated heterocycles. The normalized spacial score (nSPS) is 20.9. The van der Waals surface area contributed by atoms with Gasteiger partial charge in [-0.1, -0.05) is 39.0 Å². The van der Waals surface area contributed by atoms with E-state index in [0.29, 0.717) is 0 Å². The SMILES string of the molecule is CCCNC1(C(=O)OC)CCCCCCC1. The summed E-state index contributed by atoms with van der Waals surface area (Å²) in [4.78, 5) is 12.0. The molecule has 0 spiro atoms. The first kappa shape index (κ1) is 13.5. The predicted molar refractivity (Wildman–Crippen MR) is 65.4 cm³/mol. The smallest absolute Gasteiger partial charge is 0.326 e. The molecular weight excluding hydrogens is 202 g/mol. The minimum atomic E-state index is -0.398. The maximum Gasteiger partial charge on any atom is 0.326 e. The van der Waals surface area contributed by atoms with Crippen molar-refractivity contribution < 1.29 is 9.53 Å². The van der Waals surface area contributed by atoms with Gasteiger partial charge in [0.05, 0.1) is 7.11 Å². The summed E-state index contributed by atoms with van der Waals surface area (Å²) in [5, 5.41) is 3.43. The van der Waals surface area contributed by atoms with Gasteiger partial charge in [0.15, 0.2) is 0 Å². The van der Waals surface area contributed by atoms with Crippen molar-refractivity contribution in [1.82, 2.24) is 5.32 Å². The predicted octanol–water partition coefficient (Wildman–Crippen LogP) is 2.64. The molecule has 94 valence electrons. The molecule has 0 aromatic heterocycles. The van der Waals surface area contributed by atoms with Crippen LogP contribution >= 0.6 is 0 Å². The highest BCUT2D eigenvalue weighted by molar-refractivity contribution is 5.80. The molecule has 3 heteroatoms. The quantitative estimate of drug-likeness (QED) is 0.750. The second-order valence-electron chi connectivity index (χ2n) is 4.77. The second kappa shape index (κ2) is 6.89. The zero-order chi connectivity index (χ0) is 11.9. The molecular formula is C13H25NO2. The third-order valence-corrected chi connectivity index (χ3v) is 3.50. The fourth-order valence-electron chi connectivity index (χ4n) is 2.52. The monoisotopic (exact) mass is 227 g/mol. The van der Waals surface area contributed by atoms with Crippen molar-refractivity contribution in [3.05, 3.63) is 0 Å². The van der Waals surface area contributed by atoms with E-state index in [1.54, 1.807) is 0 Å². The minimum absolute atomic E-state index is 0.0668. The summed E-state index contributed by atoms with van der Waals surface area (Å²) in [6, 6.07) is 0. The molecule has 0 aliphatic heterocycles. The number of rotatable bonds is 4. The van der Waals surface area contributed by atoms with E-state index in [1.807, 2.05) is 0 Å². The Labute approximate surface area is 98.9 Å². The van der Waals surface area contributed by atoms with Crippen LogP contribution in [0.3, 0.4) is 0 Å².